The third-order valence-electron chi connectivity index (χ3n) is 3.41. The molecule has 1 N–H and O–H groups in total. The lowest BCUT2D eigenvalue weighted by Crippen LogP contribution is -2.32. The third kappa shape index (κ3) is 3.80. The van der Waals surface area contributed by atoms with Gasteiger partial charge in [-0.15, -0.1) is 0 Å². The maximum absolute atomic E-state index is 12.7. The number of hydrogen-bond acceptors (Lipinski definition) is 1. The summed E-state index contributed by atoms with van der Waals surface area (Å²) in [5.74, 6) is 0.280. The minimum atomic E-state index is -0.271. The van der Waals surface area contributed by atoms with Crippen LogP contribution < -0.4 is 5.32 Å². The van der Waals surface area contributed by atoms with E-state index in [0.29, 0.717) is 17.2 Å². The lowest BCUT2D eigenvalue weighted by Gasteiger charge is -2.14. The van der Waals surface area contributed by atoms with Crippen LogP contribution in [0.2, 0.25) is 0 Å². The highest BCUT2D eigenvalue weighted by molar-refractivity contribution is 9.09. The van der Waals surface area contributed by atoms with Crippen molar-refractivity contribution in [2.24, 2.45) is 5.92 Å². The first kappa shape index (κ1) is 13.5. The van der Waals surface area contributed by atoms with E-state index in [2.05, 4.69) is 21.2 Å². The van der Waals surface area contributed by atoms with Crippen molar-refractivity contribution in [1.29, 1.82) is 0 Å². The standard InChI is InChI=1S/C14H17BrFNO/c15-13-3-1-2-11(13)9-17-14(18)8-10-4-6-12(16)7-5-10/h4-7,11,13H,1-3,8-9H2,(H,17,18). The van der Waals surface area contributed by atoms with Gasteiger partial charge in [-0.3, -0.25) is 4.79 Å². The topological polar surface area (TPSA) is 29.1 Å². The van der Waals surface area contributed by atoms with Crippen LogP contribution in [0.1, 0.15) is 24.8 Å². The zero-order chi connectivity index (χ0) is 13.0. The second kappa shape index (κ2) is 6.32. The van der Waals surface area contributed by atoms with Crippen LogP contribution in [0, 0.1) is 11.7 Å². The van der Waals surface area contributed by atoms with Crippen LogP contribution in [-0.4, -0.2) is 17.3 Å². The smallest absolute Gasteiger partial charge is 0.224 e. The average molecular weight is 314 g/mol. The molecular formula is C14H17BrFNO. The summed E-state index contributed by atoms with van der Waals surface area (Å²) < 4.78 is 12.7. The number of carbonyl (C=O) groups excluding carboxylic acids is 1. The predicted molar refractivity (Wildman–Crippen MR) is 73.2 cm³/mol. The highest BCUT2D eigenvalue weighted by Gasteiger charge is 2.24. The fraction of sp³-hybridized carbons (Fsp3) is 0.500. The van der Waals surface area contributed by atoms with Gasteiger partial charge < -0.3 is 5.32 Å². The van der Waals surface area contributed by atoms with Crippen molar-refractivity contribution in [1.82, 2.24) is 5.32 Å². The molecule has 2 unspecified atom stereocenters. The monoisotopic (exact) mass is 313 g/mol. The Labute approximate surface area is 115 Å². The third-order valence-corrected chi connectivity index (χ3v) is 4.61. The van der Waals surface area contributed by atoms with E-state index in [4.69, 9.17) is 0 Å². The molecule has 0 spiro atoms. The summed E-state index contributed by atoms with van der Waals surface area (Å²) in [6.45, 7) is 0.732. The van der Waals surface area contributed by atoms with Gasteiger partial charge in [-0.2, -0.15) is 0 Å². The average Bonchev–Trinajstić information content (AvgIpc) is 2.75. The molecule has 0 heterocycles. The van der Waals surface area contributed by atoms with E-state index < -0.39 is 0 Å². The number of benzene rings is 1. The number of rotatable bonds is 4. The van der Waals surface area contributed by atoms with Gasteiger partial charge in [-0.1, -0.05) is 34.5 Å². The summed E-state index contributed by atoms with van der Waals surface area (Å²) >= 11 is 3.64. The van der Waals surface area contributed by atoms with Gasteiger partial charge in [0.15, 0.2) is 0 Å². The Morgan fingerprint density at radius 1 is 1.33 bits per heavy atom. The molecule has 2 rings (SSSR count). The van der Waals surface area contributed by atoms with E-state index in [0.717, 1.165) is 12.1 Å². The Morgan fingerprint density at radius 3 is 2.67 bits per heavy atom. The van der Waals surface area contributed by atoms with Crippen molar-refractivity contribution in [2.45, 2.75) is 30.5 Å². The van der Waals surface area contributed by atoms with Crippen LogP contribution >= 0.6 is 15.9 Å². The Kier molecular flexibility index (Phi) is 4.75. The number of hydrogen-bond donors (Lipinski definition) is 1. The summed E-state index contributed by atoms with van der Waals surface area (Å²) in [6.07, 6.45) is 3.92. The van der Waals surface area contributed by atoms with Crippen LogP contribution in [0.25, 0.3) is 0 Å². The molecule has 1 aliphatic rings. The first-order valence-corrected chi connectivity index (χ1v) is 7.22. The zero-order valence-corrected chi connectivity index (χ0v) is 11.7. The molecule has 1 amide bonds. The molecule has 18 heavy (non-hydrogen) atoms. The molecule has 0 radical (unpaired) electrons. The van der Waals surface area contributed by atoms with Crippen LogP contribution in [0.5, 0.6) is 0 Å². The minimum Gasteiger partial charge on any atom is -0.355 e. The lowest BCUT2D eigenvalue weighted by atomic mass is 10.1. The van der Waals surface area contributed by atoms with E-state index in [-0.39, 0.29) is 11.7 Å². The molecule has 1 fully saturated rings. The van der Waals surface area contributed by atoms with Crippen molar-refractivity contribution < 1.29 is 9.18 Å². The van der Waals surface area contributed by atoms with Crippen molar-refractivity contribution in [3.05, 3.63) is 35.6 Å². The molecule has 1 aromatic carbocycles. The second-order valence-electron chi connectivity index (χ2n) is 4.81. The maximum Gasteiger partial charge on any atom is 0.224 e. The fourth-order valence-electron chi connectivity index (χ4n) is 2.32. The van der Waals surface area contributed by atoms with Crippen molar-refractivity contribution >= 4 is 21.8 Å². The Morgan fingerprint density at radius 2 is 2.06 bits per heavy atom. The molecule has 0 saturated heterocycles. The molecule has 1 aliphatic carbocycles. The zero-order valence-electron chi connectivity index (χ0n) is 10.2. The highest BCUT2D eigenvalue weighted by Crippen LogP contribution is 2.30. The van der Waals surface area contributed by atoms with Gasteiger partial charge in [0.2, 0.25) is 5.91 Å². The van der Waals surface area contributed by atoms with Crippen molar-refractivity contribution in [3.8, 4) is 0 Å². The molecule has 0 aromatic heterocycles. The second-order valence-corrected chi connectivity index (χ2v) is 5.99. The van der Waals surface area contributed by atoms with Gasteiger partial charge in [0.1, 0.15) is 5.82 Å². The van der Waals surface area contributed by atoms with Crippen LogP contribution in [-0.2, 0) is 11.2 Å². The summed E-state index contributed by atoms with van der Waals surface area (Å²) in [6, 6.07) is 6.07. The predicted octanol–water partition coefficient (Wildman–Crippen LogP) is 3.05. The van der Waals surface area contributed by atoms with Gasteiger partial charge in [0.05, 0.1) is 6.42 Å². The van der Waals surface area contributed by atoms with E-state index >= 15 is 0 Å². The SMILES string of the molecule is O=C(Cc1ccc(F)cc1)NCC1CCCC1Br. The van der Waals surface area contributed by atoms with Gasteiger partial charge in [-0.25, -0.2) is 4.39 Å². The molecule has 0 aliphatic heterocycles. The molecule has 4 heteroatoms. The normalized spacial score (nSPS) is 23.0. The van der Waals surface area contributed by atoms with E-state index in [9.17, 15) is 9.18 Å². The number of nitrogens with one attached hydrogen (secondary N) is 1. The maximum atomic E-state index is 12.7. The fourth-order valence-corrected chi connectivity index (χ4v) is 3.09. The molecule has 2 nitrogen and oxygen atoms in total. The van der Waals surface area contributed by atoms with Crippen LogP contribution in [0.3, 0.4) is 0 Å². The molecule has 2 atom stereocenters. The summed E-state index contributed by atoms with van der Waals surface area (Å²) in [5.41, 5.74) is 0.843. The number of carbonyl (C=O) groups is 1. The molecule has 0 bridgehead atoms. The van der Waals surface area contributed by atoms with E-state index in [1.807, 2.05) is 0 Å². The van der Waals surface area contributed by atoms with Crippen molar-refractivity contribution in [3.63, 3.8) is 0 Å². The largest absolute Gasteiger partial charge is 0.355 e. The van der Waals surface area contributed by atoms with Gasteiger partial charge in [0.25, 0.3) is 0 Å². The van der Waals surface area contributed by atoms with Crippen LogP contribution in [0.15, 0.2) is 24.3 Å². The first-order chi connectivity index (χ1) is 8.65. The Hall–Kier alpha value is -0.900. The lowest BCUT2D eigenvalue weighted by molar-refractivity contribution is -0.120. The summed E-state index contributed by atoms with van der Waals surface area (Å²) in [5, 5.41) is 2.96. The molecular weight excluding hydrogens is 297 g/mol. The van der Waals surface area contributed by atoms with Gasteiger partial charge in [0, 0.05) is 11.4 Å². The Bertz CT molecular complexity index is 407. The number of halogens is 2. The number of amides is 1. The summed E-state index contributed by atoms with van der Waals surface area (Å²) in [4.78, 5) is 12.3. The molecule has 1 saturated carbocycles. The molecule has 1 aromatic rings. The van der Waals surface area contributed by atoms with Gasteiger partial charge >= 0.3 is 0 Å². The Balaban J connectivity index is 1.76. The van der Waals surface area contributed by atoms with Crippen LogP contribution in [0.4, 0.5) is 4.39 Å². The first-order valence-electron chi connectivity index (χ1n) is 6.30. The highest BCUT2D eigenvalue weighted by atomic mass is 79.9. The van der Waals surface area contributed by atoms with Gasteiger partial charge in [-0.05, 0) is 36.5 Å². The van der Waals surface area contributed by atoms with E-state index in [1.54, 1.807) is 12.1 Å². The number of alkyl halides is 1. The molecule has 98 valence electrons. The van der Waals surface area contributed by atoms with E-state index in [1.165, 1.54) is 31.4 Å². The quantitative estimate of drug-likeness (QED) is 0.851. The summed E-state index contributed by atoms with van der Waals surface area (Å²) in [7, 11) is 0. The van der Waals surface area contributed by atoms with Crippen molar-refractivity contribution in [2.75, 3.05) is 6.54 Å². The minimum absolute atomic E-state index is 0.00760.